The third-order valence-corrected chi connectivity index (χ3v) is 1.68. The molecule has 0 spiro atoms. The van der Waals surface area contributed by atoms with Crippen LogP contribution in [0.25, 0.3) is 0 Å². The van der Waals surface area contributed by atoms with Crippen LogP contribution < -0.4 is 0 Å². The predicted molar refractivity (Wildman–Crippen MR) is 60.4 cm³/mol. The van der Waals surface area contributed by atoms with Gasteiger partial charge in [0.05, 0.1) is 12.7 Å². The van der Waals surface area contributed by atoms with E-state index in [1.165, 1.54) is 6.08 Å². The van der Waals surface area contributed by atoms with E-state index in [1.54, 1.807) is 32.9 Å². The van der Waals surface area contributed by atoms with Crippen molar-refractivity contribution in [2.24, 2.45) is 0 Å². The highest BCUT2D eigenvalue weighted by molar-refractivity contribution is 5.83. The van der Waals surface area contributed by atoms with Crippen molar-refractivity contribution in [1.82, 2.24) is 0 Å². The van der Waals surface area contributed by atoms with Crippen LogP contribution in [0, 0.1) is 0 Å². The van der Waals surface area contributed by atoms with Gasteiger partial charge in [0.1, 0.15) is 0 Å². The molecule has 15 heavy (non-hydrogen) atoms. The lowest BCUT2D eigenvalue weighted by Crippen LogP contribution is -2.02. The minimum absolute atomic E-state index is 0.362. The van der Waals surface area contributed by atoms with Gasteiger partial charge in [0.15, 0.2) is 0 Å². The summed E-state index contributed by atoms with van der Waals surface area (Å²) in [5, 5.41) is 9.38. The number of hydrogen-bond acceptors (Lipinski definition) is 3. The van der Waals surface area contributed by atoms with Gasteiger partial charge in [-0.25, -0.2) is 4.79 Å². The predicted octanol–water partition coefficient (Wildman–Crippen LogP) is 1.99. The van der Waals surface area contributed by atoms with Gasteiger partial charge >= 0.3 is 5.97 Å². The maximum atomic E-state index is 11.0. The molecule has 0 aliphatic rings. The number of allylic oxidation sites excluding steroid dienone is 2. The lowest BCUT2D eigenvalue weighted by atomic mass is 10.1. The quantitative estimate of drug-likeness (QED) is 0.327. The fourth-order valence-corrected chi connectivity index (χ4v) is 0.825. The van der Waals surface area contributed by atoms with E-state index in [4.69, 9.17) is 4.74 Å². The Morgan fingerprint density at radius 1 is 1.53 bits per heavy atom. The summed E-state index contributed by atoms with van der Waals surface area (Å²) in [7, 11) is 0. The Morgan fingerprint density at radius 3 is 2.60 bits per heavy atom. The molecular weight excluding hydrogens is 192 g/mol. The smallest absolute Gasteiger partial charge is 0.330 e. The Balaban J connectivity index is 4.28. The van der Waals surface area contributed by atoms with Gasteiger partial charge in [-0.15, -0.1) is 0 Å². The molecule has 84 valence electrons. The molecule has 0 saturated heterocycles. The molecule has 0 aromatic rings. The number of hydrogen-bond donors (Lipinski definition) is 1. The van der Waals surface area contributed by atoms with Crippen LogP contribution in [0.15, 0.2) is 36.0 Å². The Morgan fingerprint density at radius 2 is 2.13 bits per heavy atom. The molecule has 0 aliphatic carbocycles. The first-order valence-electron chi connectivity index (χ1n) is 4.84. The van der Waals surface area contributed by atoms with Gasteiger partial charge in [0.2, 0.25) is 0 Å². The summed E-state index contributed by atoms with van der Waals surface area (Å²) in [6, 6.07) is 0. The van der Waals surface area contributed by atoms with Crippen molar-refractivity contribution in [3.05, 3.63) is 36.0 Å². The van der Waals surface area contributed by atoms with Crippen molar-refractivity contribution in [1.29, 1.82) is 0 Å². The minimum Gasteiger partial charge on any atom is -0.463 e. The van der Waals surface area contributed by atoms with Gasteiger partial charge in [-0.1, -0.05) is 18.7 Å². The van der Waals surface area contributed by atoms with E-state index in [0.717, 1.165) is 5.57 Å². The lowest BCUT2D eigenvalue weighted by molar-refractivity contribution is -0.137. The third kappa shape index (κ3) is 6.69. The number of aliphatic hydroxyl groups is 1. The average Bonchev–Trinajstić information content (AvgIpc) is 2.14. The first-order valence-corrected chi connectivity index (χ1v) is 4.84. The molecule has 0 aliphatic heterocycles. The summed E-state index contributed by atoms with van der Waals surface area (Å²) >= 11 is 0. The summed E-state index contributed by atoms with van der Waals surface area (Å²) in [5.74, 6) is -0.371. The topological polar surface area (TPSA) is 46.5 Å². The van der Waals surface area contributed by atoms with Crippen LogP contribution in [0.3, 0.4) is 0 Å². The fourth-order valence-electron chi connectivity index (χ4n) is 0.825. The van der Waals surface area contributed by atoms with Crippen LogP contribution in [-0.2, 0) is 9.53 Å². The number of carbonyl (C=O) groups is 1. The van der Waals surface area contributed by atoms with Gasteiger partial charge in [-0.3, -0.25) is 0 Å². The zero-order valence-corrected chi connectivity index (χ0v) is 9.49. The summed E-state index contributed by atoms with van der Waals surface area (Å²) in [5.41, 5.74) is 1.39. The van der Waals surface area contributed by atoms with E-state index in [1.807, 2.05) is 0 Å². The highest BCUT2D eigenvalue weighted by atomic mass is 16.5. The second-order valence-electron chi connectivity index (χ2n) is 3.29. The van der Waals surface area contributed by atoms with E-state index in [9.17, 15) is 9.90 Å². The van der Waals surface area contributed by atoms with E-state index in [0.29, 0.717) is 12.2 Å². The van der Waals surface area contributed by atoms with Crippen LogP contribution in [0.5, 0.6) is 0 Å². The monoisotopic (exact) mass is 210 g/mol. The van der Waals surface area contributed by atoms with Crippen molar-refractivity contribution < 1.29 is 14.6 Å². The molecule has 3 heteroatoms. The number of ether oxygens (including phenoxy) is 1. The van der Waals surface area contributed by atoms with Crippen molar-refractivity contribution in [3.63, 3.8) is 0 Å². The van der Waals surface area contributed by atoms with Crippen molar-refractivity contribution in [3.8, 4) is 0 Å². The normalized spacial score (nSPS) is 14.0. The van der Waals surface area contributed by atoms with Crippen molar-refractivity contribution in [2.45, 2.75) is 26.9 Å². The standard InChI is InChI=1S/C12H18O3/c1-5-15-12(14)8-10(4)6-7-11(13)9(2)3/h6-8,11,13H,2,5H2,1,3-4H3. The molecule has 0 saturated carbocycles. The van der Waals surface area contributed by atoms with Gasteiger partial charge in [0.25, 0.3) is 0 Å². The average molecular weight is 210 g/mol. The van der Waals surface area contributed by atoms with Crippen LogP contribution in [-0.4, -0.2) is 23.8 Å². The number of rotatable bonds is 5. The zero-order chi connectivity index (χ0) is 11.8. The molecule has 0 radical (unpaired) electrons. The maximum absolute atomic E-state index is 11.0. The first-order chi connectivity index (χ1) is 6.97. The zero-order valence-electron chi connectivity index (χ0n) is 9.49. The first kappa shape index (κ1) is 13.7. The summed E-state index contributed by atoms with van der Waals surface area (Å²) < 4.78 is 4.74. The van der Waals surface area contributed by atoms with Crippen LogP contribution in [0.2, 0.25) is 0 Å². The number of aliphatic hydroxyl groups excluding tert-OH is 1. The van der Waals surface area contributed by atoms with Crippen LogP contribution in [0.4, 0.5) is 0 Å². The van der Waals surface area contributed by atoms with E-state index in [2.05, 4.69) is 6.58 Å². The molecule has 0 rings (SSSR count). The van der Waals surface area contributed by atoms with Gasteiger partial charge in [0, 0.05) is 6.08 Å². The number of carbonyl (C=O) groups excluding carboxylic acids is 1. The molecule has 0 aromatic heterocycles. The van der Waals surface area contributed by atoms with Gasteiger partial charge < -0.3 is 9.84 Å². The van der Waals surface area contributed by atoms with Gasteiger partial charge in [-0.05, 0) is 31.9 Å². The maximum Gasteiger partial charge on any atom is 0.330 e. The summed E-state index contributed by atoms with van der Waals surface area (Å²) in [6.45, 7) is 9.22. The number of esters is 1. The Bertz CT molecular complexity index is 287. The minimum atomic E-state index is -0.671. The fraction of sp³-hybridized carbons (Fsp3) is 0.417. The molecule has 0 bridgehead atoms. The Labute approximate surface area is 90.8 Å². The van der Waals surface area contributed by atoms with E-state index in [-0.39, 0.29) is 5.97 Å². The van der Waals surface area contributed by atoms with Crippen molar-refractivity contribution in [2.75, 3.05) is 6.61 Å². The molecule has 1 N–H and O–H groups in total. The third-order valence-electron chi connectivity index (χ3n) is 1.68. The van der Waals surface area contributed by atoms with E-state index >= 15 is 0 Å². The molecule has 1 unspecified atom stereocenters. The highest BCUT2D eigenvalue weighted by Crippen LogP contribution is 2.03. The summed E-state index contributed by atoms with van der Waals surface area (Å²) in [6.07, 6.45) is 3.95. The van der Waals surface area contributed by atoms with E-state index < -0.39 is 6.10 Å². The molecule has 0 fully saturated rings. The SMILES string of the molecule is C=C(C)C(O)C=CC(C)=CC(=O)OCC. The Hall–Kier alpha value is -1.35. The molecular formula is C12H18O3. The summed E-state index contributed by atoms with van der Waals surface area (Å²) in [4.78, 5) is 11.0. The van der Waals surface area contributed by atoms with Crippen LogP contribution >= 0.6 is 0 Å². The second-order valence-corrected chi connectivity index (χ2v) is 3.29. The molecule has 3 nitrogen and oxygen atoms in total. The van der Waals surface area contributed by atoms with Crippen LogP contribution in [0.1, 0.15) is 20.8 Å². The highest BCUT2D eigenvalue weighted by Gasteiger charge is 1.99. The van der Waals surface area contributed by atoms with Crippen molar-refractivity contribution >= 4 is 5.97 Å². The molecule has 0 aromatic carbocycles. The molecule has 0 heterocycles. The largest absolute Gasteiger partial charge is 0.463 e. The van der Waals surface area contributed by atoms with Gasteiger partial charge in [-0.2, -0.15) is 0 Å². The lowest BCUT2D eigenvalue weighted by Gasteiger charge is -2.02. The molecule has 0 amide bonds. The second kappa shape index (κ2) is 7.01. The Kier molecular flexibility index (Phi) is 6.38. The molecule has 1 atom stereocenters.